The van der Waals surface area contributed by atoms with Crippen LogP contribution in [0.25, 0.3) is 6.08 Å². The molecule has 1 amide bonds. The normalized spacial score (nSPS) is 18.2. The molecule has 1 fully saturated rings. The number of benzene rings is 1. The number of thiocarbonyl (C=S) groups is 1. The minimum atomic E-state index is -0.776. The first-order chi connectivity index (χ1) is 9.93. The van der Waals surface area contributed by atoms with Gasteiger partial charge in [0.15, 0.2) is 0 Å². The van der Waals surface area contributed by atoms with E-state index in [2.05, 4.69) is 4.74 Å². The van der Waals surface area contributed by atoms with E-state index in [1.807, 2.05) is 0 Å². The predicted molar refractivity (Wildman–Crippen MR) is 82.9 cm³/mol. The van der Waals surface area contributed by atoms with Crippen LogP contribution >= 0.6 is 24.0 Å². The molecule has 0 radical (unpaired) electrons. The van der Waals surface area contributed by atoms with E-state index < -0.39 is 12.0 Å². The van der Waals surface area contributed by atoms with E-state index >= 15 is 0 Å². The highest BCUT2D eigenvalue weighted by molar-refractivity contribution is 8.26. The Bertz CT molecular complexity index is 628. The Morgan fingerprint density at radius 3 is 2.62 bits per heavy atom. The maximum absolute atomic E-state index is 12.9. The van der Waals surface area contributed by atoms with Gasteiger partial charge in [0.2, 0.25) is 0 Å². The molecular formula is C14H12FNO3S2. The van der Waals surface area contributed by atoms with Crippen LogP contribution in [0.5, 0.6) is 0 Å². The van der Waals surface area contributed by atoms with Crippen molar-refractivity contribution in [2.75, 3.05) is 7.11 Å². The second kappa shape index (κ2) is 6.36. The lowest BCUT2D eigenvalue weighted by Crippen LogP contribution is -2.42. The number of amides is 1. The van der Waals surface area contributed by atoms with Gasteiger partial charge in [-0.2, -0.15) is 0 Å². The lowest BCUT2D eigenvalue weighted by atomic mass is 10.2. The molecule has 1 aliphatic rings. The Hall–Kier alpha value is -1.73. The van der Waals surface area contributed by atoms with Gasteiger partial charge in [-0.3, -0.25) is 9.69 Å². The number of ether oxygens (including phenoxy) is 1. The lowest BCUT2D eigenvalue weighted by Gasteiger charge is -2.20. The first kappa shape index (κ1) is 15.7. The molecule has 2 rings (SSSR count). The number of nitrogens with zero attached hydrogens (tertiary/aromatic N) is 1. The Kier molecular flexibility index (Phi) is 4.74. The van der Waals surface area contributed by atoms with Crippen LogP contribution < -0.4 is 0 Å². The molecule has 0 aliphatic carbocycles. The number of thioether (sulfide) groups is 1. The van der Waals surface area contributed by atoms with Crippen LogP contribution in [0.2, 0.25) is 0 Å². The lowest BCUT2D eigenvalue weighted by molar-refractivity contribution is -0.147. The number of hydrogen-bond donors (Lipinski definition) is 0. The number of carbonyl (C=O) groups is 2. The first-order valence-corrected chi connectivity index (χ1v) is 7.27. The quantitative estimate of drug-likeness (QED) is 0.486. The van der Waals surface area contributed by atoms with Gasteiger partial charge in [0.05, 0.1) is 12.0 Å². The van der Waals surface area contributed by atoms with Gasteiger partial charge < -0.3 is 4.74 Å². The Labute approximate surface area is 130 Å². The molecule has 110 valence electrons. The van der Waals surface area contributed by atoms with E-state index in [0.717, 1.165) is 11.8 Å². The smallest absolute Gasteiger partial charge is 0.328 e. The molecule has 0 unspecified atom stereocenters. The Morgan fingerprint density at radius 2 is 2.05 bits per heavy atom. The van der Waals surface area contributed by atoms with Crippen LogP contribution in [0, 0.1) is 5.82 Å². The molecule has 21 heavy (non-hydrogen) atoms. The average Bonchev–Trinajstić information content (AvgIpc) is 2.74. The zero-order chi connectivity index (χ0) is 15.6. The number of carbonyl (C=O) groups excluding carboxylic acids is 2. The third-order valence-corrected chi connectivity index (χ3v) is 4.25. The fourth-order valence-electron chi connectivity index (χ4n) is 1.80. The van der Waals surface area contributed by atoms with E-state index in [-0.39, 0.29) is 11.7 Å². The summed E-state index contributed by atoms with van der Waals surface area (Å²) in [6.07, 6.45) is 1.61. The molecule has 1 heterocycles. The van der Waals surface area contributed by atoms with Crippen LogP contribution in [-0.4, -0.2) is 34.2 Å². The molecule has 0 aromatic heterocycles. The molecule has 1 aliphatic heterocycles. The van der Waals surface area contributed by atoms with Crippen molar-refractivity contribution in [1.82, 2.24) is 4.90 Å². The SMILES string of the molecule is COC(=O)[C@H](C)N1C(=O)/C(=C/c2ccc(F)cc2)SC1=S. The van der Waals surface area contributed by atoms with Gasteiger partial charge in [-0.1, -0.05) is 36.1 Å². The summed E-state index contributed by atoms with van der Waals surface area (Å²) < 4.78 is 17.8. The standard InChI is InChI=1S/C14H12FNO3S2/c1-8(13(18)19-2)16-12(17)11(21-14(16)20)7-9-3-5-10(15)6-4-9/h3-8H,1-2H3/b11-7-/t8-/m0/s1. The van der Waals surface area contributed by atoms with Gasteiger partial charge in [0, 0.05) is 0 Å². The molecule has 1 aromatic rings. The van der Waals surface area contributed by atoms with E-state index in [0.29, 0.717) is 14.8 Å². The summed E-state index contributed by atoms with van der Waals surface area (Å²) in [6.45, 7) is 1.55. The summed E-state index contributed by atoms with van der Waals surface area (Å²) in [5, 5.41) is 0. The highest BCUT2D eigenvalue weighted by Gasteiger charge is 2.38. The van der Waals surface area contributed by atoms with Gasteiger partial charge in [-0.25, -0.2) is 9.18 Å². The van der Waals surface area contributed by atoms with Crippen molar-refractivity contribution in [3.8, 4) is 0 Å². The van der Waals surface area contributed by atoms with Gasteiger partial charge in [0.25, 0.3) is 5.91 Å². The van der Waals surface area contributed by atoms with Gasteiger partial charge in [-0.05, 0) is 30.7 Å². The van der Waals surface area contributed by atoms with Gasteiger partial charge >= 0.3 is 5.97 Å². The maximum atomic E-state index is 12.9. The van der Waals surface area contributed by atoms with Gasteiger partial charge in [-0.15, -0.1) is 0 Å². The van der Waals surface area contributed by atoms with Crippen molar-refractivity contribution in [2.45, 2.75) is 13.0 Å². The van der Waals surface area contributed by atoms with Crippen LogP contribution in [0.15, 0.2) is 29.2 Å². The summed E-state index contributed by atoms with van der Waals surface area (Å²) in [6, 6.07) is 4.96. The molecule has 7 heteroatoms. The molecule has 4 nitrogen and oxygen atoms in total. The summed E-state index contributed by atoms with van der Waals surface area (Å²) >= 11 is 6.24. The largest absolute Gasteiger partial charge is 0.467 e. The van der Waals surface area contributed by atoms with Crippen molar-refractivity contribution < 1.29 is 18.7 Å². The van der Waals surface area contributed by atoms with Crippen molar-refractivity contribution >= 4 is 46.3 Å². The van der Waals surface area contributed by atoms with E-state index in [9.17, 15) is 14.0 Å². The second-order valence-electron chi connectivity index (χ2n) is 4.30. The molecule has 0 N–H and O–H groups in total. The zero-order valence-corrected chi connectivity index (χ0v) is 13.0. The van der Waals surface area contributed by atoms with Crippen molar-refractivity contribution in [3.05, 3.63) is 40.6 Å². The molecule has 1 saturated heterocycles. The number of esters is 1. The minimum absolute atomic E-state index is 0.297. The highest BCUT2D eigenvalue weighted by atomic mass is 32.2. The van der Waals surface area contributed by atoms with Gasteiger partial charge in [0.1, 0.15) is 16.2 Å². The number of hydrogen-bond acceptors (Lipinski definition) is 5. The zero-order valence-electron chi connectivity index (χ0n) is 11.3. The number of halogens is 1. The van der Waals surface area contributed by atoms with Crippen LogP contribution in [-0.2, 0) is 14.3 Å². The van der Waals surface area contributed by atoms with Crippen molar-refractivity contribution in [1.29, 1.82) is 0 Å². The Balaban J connectivity index is 2.25. The second-order valence-corrected chi connectivity index (χ2v) is 5.98. The molecule has 0 bridgehead atoms. The third-order valence-electron chi connectivity index (χ3n) is 2.92. The molecule has 0 spiro atoms. The average molecular weight is 325 g/mol. The van der Waals surface area contributed by atoms with E-state index in [4.69, 9.17) is 12.2 Å². The third kappa shape index (κ3) is 3.30. The summed E-state index contributed by atoms with van der Waals surface area (Å²) in [4.78, 5) is 25.5. The van der Waals surface area contributed by atoms with Crippen LogP contribution in [0.3, 0.4) is 0 Å². The molecule has 1 atom stereocenters. The minimum Gasteiger partial charge on any atom is -0.467 e. The van der Waals surface area contributed by atoms with Crippen LogP contribution in [0.4, 0.5) is 4.39 Å². The topological polar surface area (TPSA) is 46.6 Å². The number of rotatable bonds is 3. The summed E-state index contributed by atoms with van der Waals surface area (Å²) in [7, 11) is 1.25. The van der Waals surface area contributed by atoms with Crippen LogP contribution in [0.1, 0.15) is 12.5 Å². The molecular weight excluding hydrogens is 313 g/mol. The Morgan fingerprint density at radius 1 is 1.43 bits per heavy atom. The van der Waals surface area contributed by atoms with Crippen molar-refractivity contribution in [3.63, 3.8) is 0 Å². The highest BCUT2D eigenvalue weighted by Crippen LogP contribution is 2.34. The maximum Gasteiger partial charge on any atom is 0.328 e. The number of methoxy groups -OCH3 is 1. The molecule has 1 aromatic carbocycles. The van der Waals surface area contributed by atoms with E-state index in [1.165, 1.54) is 24.1 Å². The van der Waals surface area contributed by atoms with E-state index in [1.54, 1.807) is 25.1 Å². The summed E-state index contributed by atoms with van der Waals surface area (Å²) in [5.74, 6) is -1.24. The fourth-order valence-corrected chi connectivity index (χ4v) is 3.22. The molecule has 0 saturated carbocycles. The fraction of sp³-hybridized carbons (Fsp3) is 0.214. The predicted octanol–water partition coefficient (Wildman–Crippen LogP) is 2.59. The monoisotopic (exact) mass is 325 g/mol. The summed E-state index contributed by atoms with van der Waals surface area (Å²) in [5.41, 5.74) is 0.683. The van der Waals surface area contributed by atoms with Crippen molar-refractivity contribution in [2.24, 2.45) is 0 Å². The first-order valence-electron chi connectivity index (χ1n) is 6.04.